The van der Waals surface area contributed by atoms with Crippen molar-refractivity contribution in [1.82, 2.24) is 4.90 Å². The molecule has 0 radical (unpaired) electrons. The fraction of sp³-hybridized carbons (Fsp3) is 0.390. The molecule has 0 aromatic heterocycles. The molecule has 0 fully saturated rings. The Hall–Kier alpha value is -3.49. The van der Waals surface area contributed by atoms with Crippen molar-refractivity contribution in [2.75, 3.05) is 18.5 Å². The molecule has 0 atom stereocenters. The van der Waals surface area contributed by atoms with E-state index in [4.69, 9.17) is 4.74 Å². The predicted molar refractivity (Wildman–Crippen MR) is 202 cm³/mol. The summed E-state index contributed by atoms with van der Waals surface area (Å²) in [6, 6.07) is 20.0. The Morgan fingerprint density at radius 3 is 2.08 bits per heavy atom. The Labute approximate surface area is 306 Å². The fourth-order valence-corrected chi connectivity index (χ4v) is 9.04. The van der Waals surface area contributed by atoms with Crippen molar-refractivity contribution >= 4 is 55.0 Å². The summed E-state index contributed by atoms with van der Waals surface area (Å²) in [4.78, 5) is 44.4. The summed E-state index contributed by atoms with van der Waals surface area (Å²) in [6.07, 6.45) is 3.00. The summed E-state index contributed by atoms with van der Waals surface area (Å²) in [5.74, 6) is -0.345. The van der Waals surface area contributed by atoms with Crippen LogP contribution in [0.3, 0.4) is 0 Å². The van der Waals surface area contributed by atoms with Crippen LogP contribution in [0.4, 0.5) is 5.69 Å². The summed E-state index contributed by atoms with van der Waals surface area (Å²) in [7, 11) is 0. The zero-order valence-corrected chi connectivity index (χ0v) is 32.3. The number of halogens is 2. The Kier molecular flexibility index (Phi) is 9.86. The van der Waals surface area contributed by atoms with E-state index in [1.54, 1.807) is 0 Å². The third-order valence-electron chi connectivity index (χ3n) is 10.1. The van der Waals surface area contributed by atoms with Crippen LogP contribution in [0.5, 0.6) is 5.75 Å². The smallest absolute Gasteiger partial charge is 0.262 e. The highest BCUT2D eigenvalue weighted by Gasteiger charge is 2.49. The minimum absolute atomic E-state index is 0.0554. The van der Waals surface area contributed by atoms with Gasteiger partial charge in [-0.15, -0.1) is 0 Å². The largest absolute Gasteiger partial charge is 0.482 e. The number of benzene rings is 3. The van der Waals surface area contributed by atoms with Crippen LogP contribution in [0, 0.1) is 24.7 Å². The van der Waals surface area contributed by atoms with Gasteiger partial charge in [0.15, 0.2) is 18.2 Å². The maximum absolute atomic E-state index is 14.4. The number of nitrogens with one attached hydrogen (secondary N) is 1. The molecule has 0 spiro atoms. The number of hydrogen-bond acceptors (Lipinski definition) is 5. The number of allylic oxidation sites excluding steroid dienone is 4. The van der Waals surface area contributed by atoms with Gasteiger partial charge in [0.05, 0.1) is 4.47 Å². The second-order valence-electron chi connectivity index (χ2n) is 15.3. The van der Waals surface area contributed by atoms with Gasteiger partial charge in [-0.25, -0.2) is 0 Å². The van der Waals surface area contributed by atoms with Crippen molar-refractivity contribution < 1.29 is 19.1 Å². The lowest BCUT2D eigenvalue weighted by Gasteiger charge is -2.49. The van der Waals surface area contributed by atoms with Gasteiger partial charge in [-0.3, -0.25) is 14.4 Å². The number of anilines is 1. The van der Waals surface area contributed by atoms with Gasteiger partial charge in [-0.05, 0) is 94.8 Å². The van der Waals surface area contributed by atoms with E-state index in [1.807, 2.05) is 62.4 Å². The van der Waals surface area contributed by atoms with Gasteiger partial charge in [-0.2, -0.15) is 0 Å². The highest BCUT2D eigenvalue weighted by atomic mass is 79.9. The number of carbonyl (C=O) groups is 3. The summed E-state index contributed by atoms with van der Waals surface area (Å²) in [5, 5.41) is 2.99. The number of ether oxygens (including phenoxy) is 1. The number of carbonyl (C=O) groups excluding carboxylic acids is 3. The molecule has 0 unspecified atom stereocenters. The maximum atomic E-state index is 14.4. The first-order valence-corrected chi connectivity index (χ1v) is 18.5. The molecule has 3 aromatic rings. The van der Waals surface area contributed by atoms with E-state index < -0.39 is 5.92 Å². The molecule has 1 heterocycles. The predicted octanol–water partition coefficient (Wildman–Crippen LogP) is 9.77. The van der Waals surface area contributed by atoms with E-state index in [-0.39, 0.29) is 34.9 Å². The van der Waals surface area contributed by atoms with E-state index in [2.05, 4.69) is 81.9 Å². The van der Waals surface area contributed by atoms with Crippen molar-refractivity contribution in [2.45, 2.75) is 79.6 Å². The maximum Gasteiger partial charge on any atom is 0.262 e. The molecule has 2 aliphatic carbocycles. The first-order valence-electron chi connectivity index (χ1n) is 17.0. The molecular formula is C41H44Br2N2O4. The molecule has 3 aromatic carbocycles. The number of Topliss-reactive ketones (excluding diaryl/α,β-unsaturated/α-hetero) is 2. The molecule has 0 saturated carbocycles. The highest BCUT2D eigenvalue weighted by Crippen LogP contribution is 2.56. The Bertz CT molecular complexity index is 1850. The molecule has 1 aliphatic heterocycles. The summed E-state index contributed by atoms with van der Waals surface area (Å²) < 4.78 is 7.78. The standard InChI is InChI=1S/C41H44Br2N2O4/c1-24-11-10-14-30(25(24)2)44-35(48)23-49-39-28(17-27(42)18-29(39)43)36-37-31(19-40(3,4)21-33(37)46)45(16-15-26-12-8-7-9-13-26)32-20-41(5,6)22-34(47)38(32)36/h7-14,17-18,36H,15-16,19-23H2,1-6H3,(H,44,48). The van der Waals surface area contributed by atoms with Gasteiger partial charge in [0.2, 0.25) is 0 Å². The van der Waals surface area contributed by atoms with Crippen molar-refractivity contribution in [2.24, 2.45) is 10.8 Å². The zero-order chi connectivity index (χ0) is 35.2. The van der Waals surface area contributed by atoms with Gasteiger partial charge in [0, 0.05) is 63.6 Å². The summed E-state index contributed by atoms with van der Waals surface area (Å²) >= 11 is 7.39. The van der Waals surface area contributed by atoms with E-state index >= 15 is 0 Å². The minimum atomic E-state index is -0.615. The molecule has 1 amide bonds. The normalized spacial score (nSPS) is 18.7. The average Bonchev–Trinajstić information content (AvgIpc) is 3.00. The fourth-order valence-electron chi connectivity index (χ4n) is 7.67. The quantitative estimate of drug-likeness (QED) is 0.246. The van der Waals surface area contributed by atoms with Crippen molar-refractivity contribution in [3.05, 3.63) is 114 Å². The lowest BCUT2D eigenvalue weighted by atomic mass is 9.63. The number of rotatable bonds is 8. The van der Waals surface area contributed by atoms with Crippen LogP contribution >= 0.6 is 31.9 Å². The van der Waals surface area contributed by atoms with E-state index in [1.165, 1.54) is 5.56 Å². The molecule has 0 bridgehead atoms. The second-order valence-corrected chi connectivity index (χ2v) is 17.1. The second kappa shape index (κ2) is 13.7. The number of ketones is 2. The van der Waals surface area contributed by atoms with Gasteiger partial charge in [-0.1, -0.05) is 86.1 Å². The molecule has 8 heteroatoms. The molecular weight excluding hydrogens is 744 g/mol. The molecule has 6 nitrogen and oxygen atoms in total. The molecule has 256 valence electrons. The van der Waals surface area contributed by atoms with Crippen molar-refractivity contribution in [3.8, 4) is 5.75 Å². The number of aryl methyl sites for hydroxylation is 1. The average molecular weight is 789 g/mol. The Morgan fingerprint density at radius 1 is 0.857 bits per heavy atom. The topological polar surface area (TPSA) is 75.7 Å². The number of amides is 1. The SMILES string of the molecule is Cc1cccc(NC(=O)COc2c(Br)cc(Br)cc2C2C3=C(CC(C)(C)CC3=O)N(CCc3ccccc3)C3=C2C(=O)CC(C)(C)C3)c1C. The number of nitrogens with zero attached hydrogens (tertiary/aromatic N) is 1. The van der Waals surface area contributed by atoms with Gasteiger partial charge in [0.25, 0.3) is 5.91 Å². The highest BCUT2D eigenvalue weighted by molar-refractivity contribution is 9.11. The Morgan fingerprint density at radius 2 is 1.47 bits per heavy atom. The molecule has 1 N–H and O–H groups in total. The van der Waals surface area contributed by atoms with E-state index in [0.717, 1.165) is 39.1 Å². The van der Waals surface area contributed by atoms with E-state index in [0.29, 0.717) is 59.2 Å². The summed E-state index contributed by atoms with van der Waals surface area (Å²) in [6.45, 7) is 13.0. The lowest BCUT2D eigenvalue weighted by molar-refractivity contribution is -0.120. The molecule has 3 aliphatic rings. The van der Waals surface area contributed by atoms with Gasteiger partial charge >= 0.3 is 0 Å². The first kappa shape index (κ1) is 35.3. The lowest BCUT2D eigenvalue weighted by Crippen LogP contribution is -2.45. The van der Waals surface area contributed by atoms with Crippen LogP contribution in [0.2, 0.25) is 0 Å². The van der Waals surface area contributed by atoms with Crippen LogP contribution in [0.1, 0.15) is 81.5 Å². The third-order valence-corrected chi connectivity index (χ3v) is 11.1. The first-order chi connectivity index (χ1) is 23.1. The molecule has 49 heavy (non-hydrogen) atoms. The van der Waals surface area contributed by atoms with Crippen molar-refractivity contribution in [1.29, 1.82) is 0 Å². The minimum Gasteiger partial charge on any atom is -0.482 e. The molecule has 0 saturated heterocycles. The summed E-state index contributed by atoms with van der Waals surface area (Å²) in [5.41, 5.74) is 7.61. The number of hydrogen-bond donors (Lipinski definition) is 1. The van der Waals surface area contributed by atoms with Gasteiger partial charge < -0.3 is 15.0 Å². The van der Waals surface area contributed by atoms with Crippen LogP contribution in [-0.4, -0.2) is 35.5 Å². The van der Waals surface area contributed by atoms with Gasteiger partial charge in [0.1, 0.15) is 5.75 Å². The van der Waals surface area contributed by atoms with Crippen molar-refractivity contribution in [3.63, 3.8) is 0 Å². The van der Waals surface area contributed by atoms with Crippen LogP contribution in [-0.2, 0) is 20.8 Å². The third kappa shape index (κ3) is 7.36. The Balaban J connectivity index is 1.46. The van der Waals surface area contributed by atoms with Crippen LogP contribution in [0.15, 0.2) is 92.1 Å². The van der Waals surface area contributed by atoms with Crippen LogP contribution < -0.4 is 10.1 Å². The monoisotopic (exact) mass is 786 g/mol. The zero-order valence-electron chi connectivity index (χ0n) is 29.1. The van der Waals surface area contributed by atoms with Crippen LogP contribution in [0.25, 0.3) is 0 Å². The molecule has 6 rings (SSSR count). The van der Waals surface area contributed by atoms with E-state index in [9.17, 15) is 14.4 Å².